The number of carbonyl (C=O) groups is 2. The molecular formula is C22H28N4O5S3. The predicted octanol–water partition coefficient (Wildman–Crippen LogP) is 2.50. The summed E-state index contributed by atoms with van der Waals surface area (Å²) in [6, 6.07) is 11.7. The number of hydrogen-bond acceptors (Lipinski definition) is 7. The molecule has 1 amide bonds. The normalized spacial score (nSPS) is 14.9. The van der Waals surface area contributed by atoms with E-state index in [0.29, 0.717) is 42.9 Å². The molecule has 0 spiro atoms. The maximum absolute atomic E-state index is 12.5. The van der Waals surface area contributed by atoms with E-state index in [4.69, 9.17) is 17.0 Å². The number of nitrogens with zero attached hydrogens (tertiary/aromatic N) is 1. The molecule has 0 bridgehead atoms. The molecule has 1 aromatic carbocycles. The second-order valence-electron chi connectivity index (χ2n) is 7.84. The fraction of sp³-hybridized carbons (Fsp3) is 0.409. The lowest BCUT2D eigenvalue weighted by molar-refractivity contribution is -0.126. The average Bonchev–Trinajstić information content (AvgIpc) is 3.19. The highest BCUT2D eigenvalue weighted by Gasteiger charge is 2.29. The van der Waals surface area contributed by atoms with E-state index in [1.807, 2.05) is 30.3 Å². The number of nitrogens with one attached hydrogen (secondary N) is 3. The van der Waals surface area contributed by atoms with Crippen LogP contribution in [0.5, 0.6) is 0 Å². The van der Waals surface area contributed by atoms with Crippen molar-refractivity contribution in [3.8, 4) is 0 Å². The van der Waals surface area contributed by atoms with E-state index in [0.717, 1.165) is 10.4 Å². The number of carbonyl (C=O) groups excluding carboxylic acids is 2. The van der Waals surface area contributed by atoms with Crippen molar-refractivity contribution in [3.05, 3.63) is 52.4 Å². The van der Waals surface area contributed by atoms with Gasteiger partial charge in [0, 0.05) is 30.3 Å². The molecule has 184 valence electrons. The van der Waals surface area contributed by atoms with E-state index in [-0.39, 0.29) is 23.5 Å². The zero-order chi connectivity index (χ0) is 24.7. The minimum absolute atomic E-state index is 0.126. The lowest BCUT2D eigenvalue weighted by atomic mass is 9.98. The minimum Gasteiger partial charge on any atom is -0.462 e. The standard InChI is InChI=1S/C22H28N4O5S3/c1-3-31-21(28)18-14-17(13-15-7-5-4-6-8-15)33-20(18)23-22(32)25-24-19(27)16-9-11-26(12-10-16)34(2,29)30/h4-8,14,16H,3,9-13H2,1-2H3,(H,24,27)(H2,23,25,32). The Kier molecular flexibility index (Phi) is 9.00. The van der Waals surface area contributed by atoms with Crippen molar-refractivity contribution < 1.29 is 22.7 Å². The topological polar surface area (TPSA) is 117 Å². The Morgan fingerprint density at radius 3 is 2.47 bits per heavy atom. The fourth-order valence-electron chi connectivity index (χ4n) is 3.58. The number of amides is 1. The van der Waals surface area contributed by atoms with Crippen LogP contribution in [0.25, 0.3) is 0 Å². The number of esters is 1. The van der Waals surface area contributed by atoms with Crippen LogP contribution in [-0.2, 0) is 26.0 Å². The Bertz CT molecular complexity index is 1130. The number of anilines is 1. The zero-order valence-electron chi connectivity index (χ0n) is 19.0. The van der Waals surface area contributed by atoms with Crippen LogP contribution in [0, 0.1) is 5.92 Å². The fourth-order valence-corrected chi connectivity index (χ4v) is 5.76. The molecule has 1 fully saturated rings. The van der Waals surface area contributed by atoms with Gasteiger partial charge in [-0.1, -0.05) is 30.3 Å². The quantitative estimate of drug-likeness (QED) is 0.287. The number of piperidine rings is 1. The van der Waals surface area contributed by atoms with Gasteiger partial charge >= 0.3 is 5.97 Å². The molecular weight excluding hydrogens is 496 g/mol. The summed E-state index contributed by atoms with van der Waals surface area (Å²) < 4.78 is 29.8. The molecule has 0 atom stereocenters. The summed E-state index contributed by atoms with van der Waals surface area (Å²) in [5.41, 5.74) is 6.73. The van der Waals surface area contributed by atoms with Crippen molar-refractivity contribution in [2.75, 3.05) is 31.3 Å². The molecule has 3 N–H and O–H groups in total. The van der Waals surface area contributed by atoms with Crippen LogP contribution in [0.15, 0.2) is 36.4 Å². The Morgan fingerprint density at radius 2 is 1.85 bits per heavy atom. The number of benzene rings is 1. The third-order valence-corrected chi connectivity index (χ3v) is 7.88. The number of hydrazine groups is 1. The van der Waals surface area contributed by atoms with Crippen LogP contribution in [0.4, 0.5) is 5.00 Å². The Balaban J connectivity index is 1.58. The lowest BCUT2D eigenvalue weighted by Crippen LogP contribution is -2.49. The summed E-state index contributed by atoms with van der Waals surface area (Å²) in [4.78, 5) is 25.9. The molecule has 2 aromatic rings. The van der Waals surface area contributed by atoms with E-state index < -0.39 is 16.0 Å². The van der Waals surface area contributed by atoms with Gasteiger partial charge in [-0.2, -0.15) is 0 Å². The highest BCUT2D eigenvalue weighted by atomic mass is 32.2. The van der Waals surface area contributed by atoms with Gasteiger partial charge in [0.15, 0.2) is 5.11 Å². The SMILES string of the molecule is CCOC(=O)c1cc(Cc2ccccc2)sc1NC(=S)NNC(=O)C1CCN(S(C)(=O)=O)CC1. The molecule has 0 radical (unpaired) electrons. The number of sulfonamides is 1. The molecule has 1 saturated heterocycles. The first kappa shape index (κ1) is 26.1. The summed E-state index contributed by atoms with van der Waals surface area (Å²) in [6.07, 6.45) is 2.69. The van der Waals surface area contributed by atoms with Crippen molar-refractivity contribution in [1.29, 1.82) is 0 Å². The van der Waals surface area contributed by atoms with Crippen LogP contribution in [0.3, 0.4) is 0 Å². The second-order valence-corrected chi connectivity index (χ2v) is 11.4. The van der Waals surface area contributed by atoms with Gasteiger partial charge in [0.2, 0.25) is 15.9 Å². The average molecular weight is 525 g/mol. The van der Waals surface area contributed by atoms with Gasteiger partial charge in [0.05, 0.1) is 18.4 Å². The molecule has 3 rings (SSSR count). The Morgan fingerprint density at radius 1 is 1.18 bits per heavy atom. The van der Waals surface area contributed by atoms with Crippen molar-refractivity contribution >= 4 is 55.6 Å². The van der Waals surface area contributed by atoms with Crippen molar-refractivity contribution in [2.45, 2.75) is 26.2 Å². The van der Waals surface area contributed by atoms with Crippen molar-refractivity contribution in [2.24, 2.45) is 5.92 Å². The number of ether oxygens (including phenoxy) is 1. The maximum Gasteiger partial charge on any atom is 0.341 e. The molecule has 2 heterocycles. The summed E-state index contributed by atoms with van der Waals surface area (Å²) >= 11 is 6.69. The van der Waals surface area contributed by atoms with E-state index in [9.17, 15) is 18.0 Å². The van der Waals surface area contributed by atoms with Gasteiger partial charge in [0.25, 0.3) is 0 Å². The smallest absolute Gasteiger partial charge is 0.341 e. The number of rotatable bonds is 7. The van der Waals surface area contributed by atoms with Crippen LogP contribution < -0.4 is 16.2 Å². The maximum atomic E-state index is 12.5. The molecule has 0 saturated carbocycles. The molecule has 1 aliphatic rings. The van der Waals surface area contributed by atoms with Crippen LogP contribution >= 0.6 is 23.6 Å². The van der Waals surface area contributed by atoms with Gasteiger partial charge in [0.1, 0.15) is 5.00 Å². The summed E-state index contributed by atoms with van der Waals surface area (Å²) in [6.45, 7) is 2.60. The van der Waals surface area contributed by atoms with Crippen LogP contribution in [-0.4, -0.2) is 55.7 Å². The van der Waals surface area contributed by atoms with Crippen molar-refractivity contribution in [3.63, 3.8) is 0 Å². The number of thiophene rings is 1. The lowest BCUT2D eigenvalue weighted by Gasteiger charge is -2.29. The zero-order valence-corrected chi connectivity index (χ0v) is 21.4. The van der Waals surface area contributed by atoms with Gasteiger partial charge in [-0.05, 0) is 43.6 Å². The molecule has 9 nitrogen and oxygen atoms in total. The first-order valence-electron chi connectivity index (χ1n) is 10.8. The Labute approximate surface area is 208 Å². The van der Waals surface area contributed by atoms with E-state index in [1.54, 1.807) is 13.0 Å². The number of hydrogen-bond donors (Lipinski definition) is 3. The second kappa shape index (κ2) is 11.7. The first-order valence-corrected chi connectivity index (χ1v) is 13.9. The predicted molar refractivity (Wildman–Crippen MR) is 136 cm³/mol. The minimum atomic E-state index is -3.25. The molecule has 34 heavy (non-hydrogen) atoms. The Hall–Kier alpha value is -2.54. The first-order chi connectivity index (χ1) is 16.2. The van der Waals surface area contributed by atoms with E-state index >= 15 is 0 Å². The molecule has 0 aliphatic carbocycles. The van der Waals surface area contributed by atoms with E-state index in [1.165, 1.54) is 21.9 Å². The van der Waals surface area contributed by atoms with Gasteiger partial charge in [-0.3, -0.25) is 15.6 Å². The highest BCUT2D eigenvalue weighted by molar-refractivity contribution is 7.88. The van der Waals surface area contributed by atoms with Crippen LogP contribution in [0.2, 0.25) is 0 Å². The molecule has 0 unspecified atom stereocenters. The third-order valence-electron chi connectivity index (χ3n) is 5.32. The van der Waals surface area contributed by atoms with E-state index in [2.05, 4.69) is 16.2 Å². The monoisotopic (exact) mass is 524 g/mol. The van der Waals surface area contributed by atoms with Gasteiger partial charge in [-0.15, -0.1) is 11.3 Å². The van der Waals surface area contributed by atoms with Gasteiger partial charge < -0.3 is 10.1 Å². The highest BCUT2D eigenvalue weighted by Crippen LogP contribution is 2.30. The van der Waals surface area contributed by atoms with Crippen LogP contribution in [0.1, 0.15) is 40.6 Å². The molecule has 1 aliphatic heterocycles. The third kappa shape index (κ3) is 7.23. The number of thiocarbonyl (C=S) groups is 1. The molecule has 1 aromatic heterocycles. The largest absolute Gasteiger partial charge is 0.462 e. The van der Waals surface area contributed by atoms with Gasteiger partial charge in [-0.25, -0.2) is 17.5 Å². The van der Waals surface area contributed by atoms with Crippen molar-refractivity contribution in [1.82, 2.24) is 15.2 Å². The summed E-state index contributed by atoms with van der Waals surface area (Å²) in [5, 5.41) is 3.63. The summed E-state index contributed by atoms with van der Waals surface area (Å²) in [7, 11) is -3.25. The summed E-state index contributed by atoms with van der Waals surface area (Å²) in [5.74, 6) is -1.04. The molecule has 12 heteroatoms.